The van der Waals surface area contributed by atoms with Gasteiger partial charge in [-0.05, 0) is 42.9 Å². The van der Waals surface area contributed by atoms with E-state index in [9.17, 15) is 4.39 Å². The van der Waals surface area contributed by atoms with E-state index in [1.807, 2.05) is 36.2 Å². The minimum absolute atomic E-state index is 0.237. The van der Waals surface area contributed by atoms with Gasteiger partial charge in [-0.2, -0.15) is 0 Å². The Hall–Kier alpha value is -1.13. The Kier molecular flexibility index (Phi) is 5.59. The van der Waals surface area contributed by atoms with Crippen molar-refractivity contribution in [1.82, 2.24) is 4.90 Å². The zero-order valence-electron chi connectivity index (χ0n) is 11.7. The molecule has 2 rings (SSSR count). The highest BCUT2D eigenvalue weighted by molar-refractivity contribution is 6.30. The van der Waals surface area contributed by atoms with E-state index >= 15 is 0 Å². The van der Waals surface area contributed by atoms with Crippen molar-refractivity contribution in [3.05, 3.63) is 69.5 Å². The Morgan fingerprint density at radius 2 is 1.71 bits per heavy atom. The minimum atomic E-state index is -0.294. The molecular weight excluding hydrogens is 310 g/mol. The van der Waals surface area contributed by atoms with Crippen LogP contribution in [0, 0.1) is 5.82 Å². The van der Waals surface area contributed by atoms with Crippen LogP contribution in [-0.2, 0) is 6.54 Å². The lowest BCUT2D eigenvalue weighted by Crippen LogP contribution is -2.30. The van der Waals surface area contributed by atoms with Gasteiger partial charge in [0.25, 0.3) is 0 Å². The van der Waals surface area contributed by atoms with Crippen molar-refractivity contribution in [3.63, 3.8) is 0 Å². The lowest BCUT2D eigenvalue weighted by Gasteiger charge is -2.28. The van der Waals surface area contributed by atoms with Crippen molar-refractivity contribution in [2.45, 2.75) is 12.6 Å². The molecule has 5 heteroatoms. The summed E-state index contributed by atoms with van der Waals surface area (Å²) in [6.07, 6.45) is 0. The van der Waals surface area contributed by atoms with Crippen LogP contribution >= 0.6 is 23.2 Å². The van der Waals surface area contributed by atoms with Crippen molar-refractivity contribution in [3.8, 4) is 0 Å². The van der Waals surface area contributed by atoms with E-state index in [2.05, 4.69) is 0 Å². The average molecular weight is 327 g/mol. The van der Waals surface area contributed by atoms with Crippen LogP contribution in [0.2, 0.25) is 10.0 Å². The van der Waals surface area contributed by atoms with Crippen LogP contribution in [0.5, 0.6) is 0 Å². The number of halogens is 3. The molecule has 2 aromatic rings. The predicted octanol–water partition coefficient (Wildman–Crippen LogP) is 4.26. The minimum Gasteiger partial charge on any atom is -0.329 e. The summed E-state index contributed by atoms with van der Waals surface area (Å²) in [5.74, 6) is -0.294. The maximum atomic E-state index is 14.0. The predicted molar refractivity (Wildman–Crippen MR) is 86.1 cm³/mol. The van der Waals surface area contributed by atoms with E-state index in [1.54, 1.807) is 6.07 Å². The molecule has 0 saturated heterocycles. The molecular formula is C16H17Cl2FN2. The Balaban J connectivity index is 2.20. The molecule has 1 unspecified atom stereocenters. The highest BCUT2D eigenvalue weighted by atomic mass is 35.5. The molecule has 0 amide bonds. The first-order valence-electron chi connectivity index (χ1n) is 6.61. The van der Waals surface area contributed by atoms with E-state index in [0.29, 0.717) is 28.7 Å². The van der Waals surface area contributed by atoms with Crippen LogP contribution < -0.4 is 5.73 Å². The molecule has 0 heterocycles. The molecule has 0 spiro atoms. The van der Waals surface area contributed by atoms with E-state index < -0.39 is 0 Å². The number of benzene rings is 2. The third-order valence-electron chi connectivity index (χ3n) is 3.42. The summed E-state index contributed by atoms with van der Waals surface area (Å²) in [4.78, 5) is 2.00. The topological polar surface area (TPSA) is 29.3 Å². The second-order valence-electron chi connectivity index (χ2n) is 4.96. The highest BCUT2D eigenvalue weighted by Crippen LogP contribution is 2.26. The van der Waals surface area contributed by atoms with Crippen molar-refractivity contribution in [2.24, 2.45) is 5.73 Å². The molecule has 2 aromatic carbocycles. The van der Waals surface area contributed by atoms with Gasteiger partial charge in [0.15, 0.2) is 0 Å². The maximum absolute atomic E-state index is 14.0. The smallest absolute Gasteiger partial charge is 0.128 e. The van der Waals surface area contributed by atoms with Crippen LogP contribution in [0.3, 0.4) is 0 Å². The summed E-state index contributed by atoms with van der Waals surface area (Å²) < 4.78 is 14.0. The fraction of sp³-hybridized carbons (Fsp3) is 0.250. The summed E-state index contributed by atoms with van der Waals surface area (Å²) in [6, 6.07) is 11.9. The molecule has 0 aliphatic carbocycles. The van der Waals surface area contributed by atoms with Crippen molar-refractivity contribution in [1.29, 1.82) is 0 Å². The van der Waals surface area contributed by atoms with Gasteiger partial charge in [0.1, 0.15) is 5.82 Å². The Labute approximate surface area is 134 Å². The Bertz CT molecular complexity index is 602. The number of hydrogen-bond acceptors (Lipinski definition) is 2. The molecule has 21 heavy (non-hydrogen) atoms. The van der Waals surface area contributed by atoms with Gasteiger partial charge in [0.05, 0.1) is 0 Å². The molecule has 2 N–H and O–H groups in total. The first-order chi connectivity index (χ1) is 10.0. The molecule has 0 aliphatic heterocycles. The highest BCUT2D eigenvalue weighted by Gasteiger charge is 2.19. The lowest BCUT2D eigenvalue weighted by molar-refractivity contribution is 0.237. The summed E-state index contributed by atoms with van der Waals surface area (Å²) in [5, 5.41) is 1.20. The quantitative estimate of drug-likeness (QED) is 0.889. The monoisotopic (exact) mass is 326 g/mol. The van der Waals surface area contributed by atoms with E-state index in [0.717, 1.165) is 5.56 Å². The SMILES string of the molecule is CN(Cc1ccc(Cl)cc1)C(CN)c1cc(Cl)ccc1F. The molecule has 0 bridgehead atoms. The van der Waals surface area contributed by atoms with E-state index in [-0.39, 0.29) is 11.9 Å². The van der Waals surface area contributed by atoms with Gasteiger partial charge in [-0.15, -0.1) is 0 Å². The zero-order chi connectivity index (χ0) is 15.4. The lowest BCUT2D eigenvalue weighted by atomic mass is 10.0. The first kappa shape index (κ1) is 16.2. The number of nitrogens with zero attached hydrogens (tertiary/aromatic N) is 1. The van der Waals surface area contributed by atoms with Gasteiger partial charge in [-0.1, -0.05) is 35.3 Å². The third-order valence-corrected chi connectivity index (χ3v) is 3.90. The normalized spacial score (nSPS) is 12.7. The first-order valence-corrected chi connectivity index (χ1v) is 7.36. The van der Waals surface area contributed by atoms with Crippen molar-refractivity contribution < 1.29 is 4.39 Å². The van der Waals surface area contributed by atoms with E-state index in [4.69, 9.17) is 28.9 Å². The van der Waals surface area contributed by atoms with Gasteiger partial charge >= 0.3 is 0 Å². The average Bonchev–Trinajstić information content (AvgIpc) is 2.46. The molecule has 0 radical (unpaired) electrons. The summed E-state index contributed by atoms with van der Waals surface area (Å²) >= 11 is 11.8. The number of nitrogens with two attached hydrogens (primary N) is 1. The number of hydrogen-bond donors (Lipinski definition) is 1. The van der Waals surface area contributed by atoms with Gasteiger partial charge in [0, 0.05) is 34.7 Å². The van der Waals surface area contributed by atoms with Gasteiger partial charge in [-0.25, -0.2) is 4.39 Å². The molecule has 0 aliphatic rings. The maximum Gasteiger partial charge on any atom is 0.128 e. The summed E-state index contributed by atoms with van der Waals surface area (Å²) in [7, 11) is 1.91. The Morgan fingerprint density at radius 1 is 1.10 bits per heavy atom. The fourth-order valence-electron chi connectivity index (χ4n) is 2.30. The van der Waals surface area contributed by atoms with Gasteiger partial charge in [0.2, 0.25) is 0 Å². The molecule has 0 saturated carbocycles. The second-order valence-corrected chi connectivity index (χ2v) is 5.83. The van der Waals surface area contributed by atoms with Crippen LogP contribution in [-0.4, -0.2) is 18.5 Å². The summed E-state index contributed by atoms with van der Waals surface area (Å²) in [6.45, 7) is 0.951. The molecule has 112 valence electrons. The van der Waals surface area contributed by atoms with Gasteiger partial charge < -0.3 is 5.73 Å². The molecule has 0 aromatic heterocycles. The molecule has 2 nitrogen and oxygen atoms in total. The van der Waals surface area contributed by atoms with Crippen LogP contribution in [0.25, 0.3) is 0 Å². The van der Waals surface area contributed by atoms with Crippen molar-refractivity contribution in [2.75, 3.05) is 13.6 Å². The number of likely N-dealkylation sites (N-methyl/N-ethyl adjacent to an activating group) is 1. The standard InChI is InChI=1S/C16H17Cl2FN2/c1-21(10-11-2-4-12(17)5-3-11)16(9-20)14-8-13(18)6-7-15(14)19/h2-8,16H,9-10,20H2,1H3. The summed E-state index contributed by atoms with van der Waals surface area (Å²) in [5.41, 5.74) is 7.43. The third kappa shape index (κ3) is 4.17. The second kappa shape index (κ2) is 7.23. The zero-order valence-corrected chi connectivity index (χ0v) is 13.2. The molecule has 0 fully saturated rings. The van der Waals surface area contributed by atoms with Crippen molar-refractivity contribution >= 4 is 23.2 Å². The van der Waals surface area contributed by atoms with E-state index in [1.165, 1.54) is 12.1 Å². The molecule has 1 atom stereocenters. The Morgan fingerprint density at radius 3 is 2.33 bits per heavy atom. The van der Waals surface area contributed by atoms with Crippen LogP contribution in [0.4, 0.5) is 4.39 Å². The van der Waals surface area contributed by atoms with Gasteiger partial charge in [-0.3, -0.25) is 4.90 Å². The largest absolute Gasteiger partial charge is 0.329 e. The fourth-order valence-corrected chi connectivity index (χ4v) is 2.61. The number of rotatable bonds is 5. The van der Waals surface area contributed by atoms with Crippen LogP contribution in [0.1, 0.15) is 17.2 Å². The van der Waals surface area contributed by atoms with Crippen LogP contribution in [0.15, 0.2) is 42.5 Å².